The molecule has 5 heteroatoms. The molecular formula is C16H15NO4. The van der Waals surface area contributed by atoms with Crippen LogP contribution in [0.2, 0.25) is 0 Å². The van der Waals surface area contributed by atoms with Crippen LogP contribution in [0, 0.1) is 6.92 Å². The number of phenolic OH excluding ortho intramolecular Hbond substituents is 1. The number of oxime groups is 1. The van der Waals surface area contributed by atoms with E-state index in [0.29, 0.717) is 11.3 Å². The SMILES string of the molecule is COc1ccccc1C(=O)O/N=C/c1cc(C)ccc1O. The molecule has 0 heterocycles. The van der Waals surface area contributed by atoms with Crippen molar-refractivity contribution >= 4 is 12.2 Å². The van der Waals surface area contributed by atoms with E-state index in [-0.39, 0.29) is 11.3 Å². The van der Waals surface area contributed by atoms with E-state index < -0.39 is 5.97 Å². The molecule has 2 aromatic carbocycles. The standard InChI is InChI=1S/C16H15NO4/c1-11-7-8-14(18)12(9-11)10-17-21-16(19)13-5-3-4-6-15(13)20-2/h3-10,18H,1-2H3/b17-10+. The first-order valence-electron chi connectivity index (χ1n) is 6.29. The highest BCUT2D eigenvalue weighted by molar-refractivity contribution is 5.93. The maximum atomic E-state index is 11.9. The van der Waals surface area contributed by atoms with Crippen molar-refractivity contribution in [3.8, 4) is 11.5 Å². The van der Waals surface area contributed by atoms with Gasteiger partial charge in [-0.05, 0) is 31.2 Å². The predicted octanol–water partition coefficient (Wildman–Crippen LogP) is 2.90. The number of nitrogens with zero attached hydrogens (tertiary/aromatic N) is 1. The molecule has 5 nitrogen and oxygen atoms in total. The van der Waals surface area contributed by atoms with Gasteiger partial charge in [0.2, 0.25) is 0 Å². The van der Waals surface area contributed by atoms with E-state index in [1.165, 1.54) is 13.3 Å². The zero-order valence-corrected chi connectivity index (χ0v) is 11.7. The fourth-order valence-corrected chi connectivity index (χ4v) is 1.77. The summed E-state index contributed by atoms with van der Waals surface area (Å²) in [5, 5.41) is 13.3. The van der Waals surface area contributed by atoms with Crippen molar-refractivity contribution < 1.29 is 19.5 Å². The smallest absolute Gasteiger partial charge is 0.369 e. The van der Waals surface area contributed by atoms with Crippen molar-refractivity contribution in [1.82, 2.24) is 0 Å². The third-order valence-corrected chi connectivity index (χ3v) is 2.84. The van der Waals surface area contributed by atoms with Crippen LogP contribution in [-0.4, -0.2) is 24.4 Å². The molecule has 0 atom stereocenters. The molecule has 0 bridgehead atoms. The molecule has 0 aliphatic rings. The van der Waals surface area contributed by atoms with Crippen LogP contribution in [0.3, 0.4) is 0 Å². The van der Waals surface area contributed by atoms with Crippen molar-refractivity contribution in [3.05, 3.63) is 59.2 Å². The summed E-state index contributed by atoms with van der Waals surface area (Å²) in [6.07, 6.45) is 1.29. The van der Waals surface area contributed by atoms with Gasteiger partial charge in [0.05, 0.1) is 13.3 Å². The minimum Gasteiger partial charge on any atom is -0.507 e. The van der Waals surface area contributed by atoms with Crippen LogP contribution in [0.5, 0.6) is 11.5 Å². The van der Waals surface area contributed by atoms with Gasteiger partial charge in [-0.25, -0.2) is 4.79 Å². The number of hydrogen-bond donors (Lipinski definition) is 1. The van der Waals surface area contributed by atoms with E-state index in [0.717, 1.165) is 5.56 Å². The average molecular weight is 285 g/mol. The Morgan fingerprint density at radius 1 is 1.24 bits per heavy atom. The largest absolute Gasteiger partial charge is 0.507 e. The summed E-state index contributed by atoms with van der Waals surface area (Å²) < 4.78 is 5.07. The first-order valence-corrected chi connectivity index (χ1v) is 6.29. The maximum Gasteiger partial charge on any atom is 0.369 e. The molecule has 0 saturated carbocycles. The summed E-state index contributed by atoms with van der Waals surface area (Å²) >= 11 is 0. The molecule has 0 saturated heterocycles. The zero-order chi connectivity index (χ0) is 15.2. The highest BCUT2D eigenvalue weighted by Gasteiger charge is 2.12. The molecule has 0 radical (unpaired) electrons. The van der Waals surface area contributed by atoms with Crippen molar-refractivity contribution in [2.75, 3.05) is 7.11 Å². The molecule has 108 valence electrons. The Balaban J connectivity index is 2.10. The normalized spacial score (nSPS) is 10.6. The van der Waals surface area contributed by atoms with Gasteiger partial charge in [-0.2, -0.15) is 0 Å². The number of hydrogen-bond acceptors (Lipinski definition) is 5. The van der Waals surface area contributed by atoms with Gasteiger partial charge in [0.1, 0.15) is 17.1 Å². The van der Waals surface area contributed by atoms with E-state index in [1.807, 2.05) is 6.92 Å². The lowest BCUT2D eigenvalue weighted by atomic mass is 10.1. The molecule has 0 aliphatic carbocycles. The molecule has 2 aromatic rings. The number of benzene rings is 2. The molecule has 0 amide bonds. The number of ether oxygens (including phenoxy) is 1. The van der Waals surface area contributed by atoms with Crippen molar-refractivity contribution in [2.24, 2.45) is 5.16 Å². The lowest BCUT2D eigenvalue weighted by molar-refractivity contribution is 0.0515. The summed E-state index contributed by atoms with van der Waals surface area (Å²) in [7, 11) is 1.47. The molecule has 2 rings (SSSR count). The molecule has 0 spiro atoms. The predicted molar refractivity (Wildman–Crippen MR) is 78.8 cm³/mol. The number of phenols is 1. The van der Waals surface area contributed by atoms with Gasteiger partial charge in [-0.3, -0.25) is 0 Å². The molecule has 1 N–H and O–H groups in total. The molecular weight excluding hydrogens is 270 g/mol. The first kappa shape index (κ1) is 14.6. The highest BCUT2D eigenvalue weighted by atomic mass is 16.7. The van der Waals surface area contributed by atoms with Gasteiger partial charge in [-0.1, -0.05) is 28.9 Å². The van der Waals surface area contributed by atoms with E-state index in [9.17, 15) is 9.90 Å². The van der Waals surface area contributed by atoms with Gasteiger partial charge >= 0.3 is 5.97 Å². The summed E-state index contributed by atoms with van der Waals surface area (Å²) in [5.41, 5.74) is 1.72. The van der Waals surface area contributed by atoms with Crippen LogP contribution >= 0.6 is 0 Å². The van der Waals surface area contributed by atoms with E-state index >= 15 is 0 Å². The number of aromatic hydroxyl groups is 1. The van der Waals surface area contributed by atoms with Crippen LogP contribution in [-0.2, 0) is 4.84 Å². The number of carbonyl (C=O) groups is 1. The van der Waals surface area contributed by atoms with Gasteiger partial charge in [0.25, 0.3) is 0 Å². The second-order valence-electron chi connectivity index (χ2n) is 4.38. The third kappa shape index (κ3) is 3.60. The van der Waals surface area contributed by atoms with Crippen molar-refractivity contribution in [2.45, 2.75) is 6.92 Å². The van der Waals surface area contributed by atoms with Crippen LogP contribution in [0.25, 0.3) is 0 Å². The topological polar surface area (TPSA) is 68.1 Å². The fraction of sp³-hybridized carbons (Fsp3) is 0.125. The fourth-order valence-electron chi connectivity index (χ4n) is 1.77. The monoisotopic (exact) mass is 285 g/mol. The Morgan fingerprint density at radius 3 is 2.76 bits per heavy atom. The van der Waals surface area contributed by atoms with Gasteiger partial charge in [0, 0.05) is 5.56 Å². The lowest BCUT2D eigenvalue weighted by Gasteiger charge is -2.04. The summed E-state index contributed by atoms with van der Waals surface area (Å²) in [4.78, 5) is 16.7. The van der Waals surface area contributed by atoms with Crippen molar-refractivity contribution in [3.63, 3.8) is 0 Å². The quantitative estimate of drug-likeness (QED) is 0.533. The number of rotatable bonds is 4. The zero-order valence-electron chi connectivity index (χ0n) is 11.7. The lowest BCUT2D eigenvalue weighted by Crippen LogP contribution is -2.03. The Hall–Kier alpha value is -2.82. The third-order valence-electron chi connectivity index (χ3n) is 2.84. The summed E-state index contributed by atoms with van der Waals surface area (Å²) in [6.45, 7) is 1.89. The molecule has 0 aromatic heterocycles. The van der Waals surface area contributed by atoms with Gasteiger partial charge in [0.15, 0.2) is 0 Å². The second kappa shape index (κ2) is 6.56. The minimum absolute atomic E-state index is 0.0673. The molecule has 0 unspecified atom stereocenters. The Labute approximate surface area is 122 Å². The molecule has 0 aliphatic heterocycles. The summed E-state index contributed by atoms with van der Waals surface area (Å²) in [5.74, 6) is -0.148. The number of carbonyl (C=O) groups excluding carboxylic acids is 1. The Bertz CT molecular complexity index is 680. The molecule has 0 fully saturated rings. The van der Waals surface area contributed by atoms with Gasteiger partial charge in [-0.15, -0.1) is 0 Å². The number of para-hydroxylation sites is 1. The Morgan fingerprint density at radius 2 is 2.00 bits per heavy atom. The highest BCUT2D eigenvalue weighted by Crippen LogP contribution is 2.19. The second-order valence-corrected chi connectivity index (χ2v) is 4.38. The van der Waals surface area contributed by atoms with E-state index in [4.69, 9.17) is 9.57 Å². The first-order chi connectivity index (χ1) is 10.1. The van der Waals surface area contributed by atoms with Crippen LogP contribution in [0.4, 0.5) is 0 Å². The average Bonchev–Trinajstić information content (AvgIpc) is 2.50. The van der Waals surface area contributed by atoms with E-state index in [2.05, 4.69) is 5.16 Å². The van der Waals surface area contributed by atoms with Crippen LogP contribution in [0.1, 0.15) is 21.5 Å². The minimum atomic E-state index is -0.629. The maximum absolute atomic E-state index is 11.9. The van der Waals surface area contributed by atoms with Crippen LogP contribution < -0.4 is 4.74 Å². The number of methoxy groups -OCH3 is 1. The van der Waals surface area contributed by atoms with Crippen molar-refractivity contribution in [1.29, 1.82) is 0 Å². The van der Waals surface area contributed by atoms with E-state index in [1.54, 1.807) is 42.5 Å². The Kier molecular flexibility index (Phi) is 4.56. The van der Waals surface area contributed by atoms with Gasteiger partial charge < -0.3 is 14.7 Å². The van der Waals surface area contributed by atoms with Crippen LogP contribution in [0.15, 0.2) is 47.6 Å². The summed E-state index contributed by atoms with van der Waals surface area (Å²) in [6, 6.07) is 11.8. The molecule has 21 heavy (non-hydrogen) atoms. The number of aryl methyl sites for hydroxylation is 1.